The number of thioether (sulfide) groups is 1. The Morgan fingerprint density at radius 1 is 1.13 bits per heavy atom. The number of carbonyl (C=O) groups excluding carboxylic acids is 2. The van der Waals surface area contributed by atoms with E-state index in [4.69, 9.17) is 4.74 Å². The number of nitrogens with zero attached hydrogens (tertiary/aromatic N) is 5. The smallest absolute Gasteiger partial charge is 0.335 e. The molecule has 45 heavy (non-hydrogen) atoms. The molecule has 1 saturated heterocycles. The normalized spacial score (nSPS) is 17.2. The lowest BCUT2D eigenvalue weighted by atomic mass is 10.0. The lowest BCUT2D eigenvalue weighted by Crippen LogP contribution is -2.56. The van der Waals surface area contributed by atoms with E-state index < -0.39 is 50.4 Å². The summed E-state index contributed by atoms with van der Waals surface area (Å²) in [6.45, 7) is 3.15. The lowest BCUT2D eigenvalue weighted by molar-refractivity contribution is -0.142. The first-order valence-corrected chi connectivity index (χ1v) is 16.1. The molecular formula is C29H30N6O8S2. The van der Waals surface area contributed by atoms with Crippen LogP contribution in [0.2, 0.25) is 0 Å². The average molecular weight is 655 g/mol. The van der Waals surface area contributed by atoms with Crippen molar-refractivity contribution in [3.8, 4) is 5.69 Å². The second-order valence-electron chi connectivity index (χ2n) is 10.8. The first-order chi connectivity index (χ1) is 21.3. The van der Waals surface area contributed by atoms with E-state index in [1.54, 1.807) is 50.2 Å². The van der Waals surface area contributed by atoms with Crippen LogP contribution in [0, 0.1) is 0 Å². The summed E-state index contributed by atoms with van der Waals surface area (Å²) in [7, 11) is -2.87. The van der Waals surface area contributed by atoms with Gasteiger partial charge >= 0.3 is 17.6 Å². The molecule has 0 radical (unpaired) electrons. The number of rotatable bonds is 10. The van der Waals surface area contributed by atoms with Crippen LogP contribution >= 0.6 is 11.8 Å². The van der Waals surface area contributed by atoms with Gasteiger partial charge in [0.15, 0.2) is 5.65 Å². The maximum absolute atomic E-state index is 13.6. The van der Waals surface area contributed by atoms with Gasteiger partial charge in [-0.1, -0.05) is 12.1 Å². The number of ether oxygens (including phenoxy) is 1. The van der Waals surface area contributed by atoms with E-state index >= 15 is 0 Å². The van der Waals surface area contributed by atoms with Gasteiger partial charge in [-0.15, -0.1) is 11.8 Å². The van der Waals surface area contributed by atoms with Crippen LogP contribution in [0.4, 0.5) is 0 Å². The van der Waals surface area contributed by atoms with Crippen molar-refractivity contribution in [2.24, 2.45) is 0 Å². The van der Waals surface area contributed by atoms with Crippen molar-refractivity contribution in [1.29, 1.82) is 0 Å². The molecule has 5 rings (SSSR count). The highest BCUT2D eigenvalue weighted by Gasteiger charge is 2.51. The number of pyridine rings is 2. The molecule has 1 amide bonds. The number of hydrogen-bond donors (Lipinski definition) is 2. The standard InChI is InChI=1S/C29H30N6O8S2/c1-29(2)24(34(17-44-29)45(41,42)20-6-4-12-30-15-20)26(37)32-21(27(38)39)14-18-8-10-19(11-9-18)35-25-22(7-5-13-31-25)33(28(35)40)16-23(36)43-3/h4-13,15,21,24H,14,16-17H2,1-3H3,(H,32,37)(H,38,39)/t21-,24+/m0/s1. The van der Waals surface area contributed by atoms with Crippen molar-refractivity contribution in [3.05, 3.63) is 83.2 Å². The molecule has 0 spiro atoms. The summed E-state index contributed by atoms with van der Waals surface area (Å²) in [6.07, 6.45) is 4.04. The number of carboxylic acids is 1. The molecule has 14 nitrogen and oxygen atoms in total. The van der Waals surface area contributed by atoms with Gasteiger partial charge in [0, 0.05) is 29.8 Å². The van der Waals surface area contributed by atoms with E-state index in [0.29, 0.717) is 22.4 Å². The Morgan fingerprint density at radius 2 is 1.84 bits per heavy atom. The van der Waals surface area contributed by atoms with Gasteiger partial charge < -0.3 is 15.2 Å². The number of sulfonamides is 1. The molecule has 0 aliphatic carbocycles. The molecule has 1 aliphatic heterocycles. The molecule has 3 aromatic heterocycles. The van der Waals surface area contributed by atoms with Crippen LogP contribution in [0.5, 0.6) is 0 Å². The Labute approximate surface area is 262 Å². The maximum atomic E-state index is 13.6. The highest BCUT2D eigenvalue weighted by molar-refractivity contribution is 8.02. The van der Waals surface area contributed by atoms with Crippen molar-refractivity contribution in [1.82, 2.24) is 28.7 Å². The number of carbonyl (C=O) groups is 3. The Morgan fingerprint density at radius 3 is 2.49 bits per heavy atom. The topological polar surface area (TPSA) is 183 Å². The molecule has 0 unspecified atom stereocenters. The number of nitrogens with one attached hydrogen (secondary N) is 1. The fourth-order valence-electron chi connectivity index (χ4n) is 5.15. The molecule has 2 N–H and O–H groups in total. The number of carboxylic acid groups (broad SMARTS) is 1. The monoisotopic (exact) mass is 654 g/mol. The van der Waals surface area contributed by atoms with Crippen molar-refractivity contribution in [3.63, 3.8) is 0 Å². The number of imidazole rings is 1. The van der Waals surface area contributed by atoms with Crippen molar-refractivity contribution in [2.45, 2.75) is 48.5 Å². The summed E-state index contributed by atoms with van der Waals surface area (Å²) < 4.78 is 34.3. The quantitative estimate of drug-likeness (QED) is 0.236. The molecule has 1 fully saturated rings. The molecule has 236 valence electrons. The minimum Gasteiger partial charge on any atom is -0.480 e. The summed E-state index contributed by atoms with van der Waals surface area (Å²) in [5.74, 6) is -2.64. The highest BCUT2D eigenvalue weighted by atomic mass is 32.2. The van der Waals surface area contributed by atoms with Crippen LogP contribution in [0.1, 0.15) is 19.4 Å². The lowest BCUT2D eigenvalue weighted by Gasteiger charge is -2.30. The highest BCUT2D eigenvalue weighted by Crippen LogP contribution is 2.42. The summed E-state index contributed by atoms with van der Waals surface area (Å²) >= 11 is 1.27. The number of esters is 1. The molecule has 16 heteroatoms. The first-order valence-electron chi connectivity index (χ1n) is 13.7. The third-order valence-corrected chi connectivity index (χ3v) is 10.8. The number of aromatic nitrogens is 4. The van der Waals surface area contributed by atoms with E-state index in [1.165, 1.54) is 58.7 Å². The predicted molar refractivity (Wildman–Crippen MR) is 164 cm³/mol. The van der Waals surface area contributed by atoms with Gasteiger partial charge in [-0.05, 0) is 55.8 Å². The predicted octanol–water partition coefficient (Wildman–Crippen LogP) is 1.41. The van der Waals surface area contributed by atoms with E-state index in [9.17, 15) is 32.7 Å². The van der Waals surface area contributed by atoms with Crippen LogP contribution < -0.4 is 11.0 Å². The fraction of sp³-hybridized carbons (Fsp3) is 0.310. The minimum absolute atomic E-state index is 0.00573. The van der Waals surface area contributed by atoms with E-state index in [0.717, 1.165) is 4.31 Å². The van der Waals surface area contributed by atoms with Gasteiger partial charge in [-0.25, -0.2) is 27.6 Å². The molecule has 4 aromatic rings. The number of benzene rings is 1. The zero-order chi connectivity index (χ0) is 32.5. The van der Waals surface area contributed by atoms with E-state index in [-0.39, 0.29) is 23.7 Å². The van der Waals surface area contributed by atoms with Gasteiger partial charge in [0.1, 0.15) is 23.5 Å². The zero-order valence-corrected chi connectivity index (χ0v) is 26.1. The molecule has 1 aliphatic rings. The molecule has 0 saturated carbocycles. The Bertz CT molecular complexity index is 1920. The molecule has 2 atom stereocenters. The van der Waals surface area contributed by atoms with Crippen LogP contribution in [0.25, 0.3) is 16.9 Å². The summed E-state index contributed by atoms with van der Waals surface area (Å²) in [6, 6.07) is 10.0. The van der Waals surface area contributed by atoms with Crippen LogP contribution in [-0.2, 0) is 42.1 Å². The summed E-state index contributed by atoms with van der Waals surface area (Å²) in [5.41, 5.74) is 1.19. The van der Waals surface area contributed by atoms with Crippen molar-refractivity contribution >= 4 is 50.8 Å². The van der Waals surface area contributed by atoms with E-state index in [2.05, 4.69) is 15.3 Å². The fourth-order valence-corrected chi connectivity index (χ4v) is 8.29. The zero-order valence-electron chi connectivity index (χ0n) is 24.5. The molecule has 1 aromatic carbocycles. The molecule has 0 bridgehead atoms. The number of fused-ring (bicyclic) bond motifs is 1. The van der Waals surface area contributed by atoms with Crippen molar-refractivity contribution in [2.75, 3.05) is 13.0 Å². The third-order valence-electron chi connectivity index (χ3n) is 7.45. The van der Waals surface area contributed by atoms with Crippen molar-refractivity contribution < 1.29 is 32.6 Å². The van der Waals surface area contributed by atoms with Gasteiger partial charge in [-0.3, -0.25) is 19.1 Å². The Balaban J connectivity index is 1.38. The van der Waals surface area contributed by atoms with Crippen LogP contribution in [0.3, 0.4) is 0 Å². The summed E-state index contributed by atoms with van der Waals surface area (Å²) in [4.78, 5) is 59.1. The van der Waals surface area contributed by atoms with Gasteiger partial charge in [0.2, 0.25) is 15.9 Å². The number of hydrogen-bond acceptors (Lipinski definition) is 10. The van der Waals surface area contributed by atoms with Gasteiger partial charge in [0.25, 0.3) is 0 Å². The minimum atomic E-state index is -4.09. The van der Waals surface area contributed by atoms with E-state index in [1.807, 2.05) is 0 Å². The Kier molecular flexibility index (Phi) is 8.82. The SMILES string of the molecule is COC(=O)Cn1c(=O)n(-c2ccc(C[C@H](NC(=O)[C@H]3N(S(=O)(=O)c4cccnc4)CSC3(C)C)C(=O)O)cc2)c2ncccc21. The molecule has 4 heterocycles. The number of methoxy groups -OCH3 is 1. The molecular weight excluding hydrogens is 624 g/mol. The third kappa shape index (κ3) is 6.21. The maximum Gasteiger partial charge on any atom is 0.335 e. The summed E-state index contributed by atoms with van der Waals surface area (Å²) in [5, 5.41) is 12.5. The van der Waals surface area contributed by atoms with Gasteiger partial charge in [0.05, 0.1) is 24.2 Å². The first kappa shape index (κ1) is 31.9. The number of aliphatic carboxylic acids is 1. The second-order valence-corrected chi connectivity index (χ2v) is 14.2. The largest absolute Gasteiger partial charge is 0.480 e. The average Bonchev–Trinajstić information content (AvgIpc) is 3.50. The Hall–Kier alpha value is -4.54. The van der Waals surface area contributed by atoms with Crippen LogP contribution in [0.15, 0.2) is 76.8 Å². The van der Waals surface area contributed by atoms with Crippen LogP contribution in [-0.4, -0.2) is 84.6 Å². The number of amides is 1. The second kappa shape index (κ2) is 12.5. The van der Waals surface area contributed by atoms with Gasteiger partial charge in [-0.2, -0.15) is 4.31 Å².